The predicted molar refractivity (Wildman–Crippen MR) is 82.7 cm³/mol. The predicted octanol–water partition coefficient (Wildman–Crippen LogP) is 2.12. The van der Waals surface area contributed by atoms with Gasteiger partial charge >= 0.3 is 0 Å². The van der Waals surface area contributed by atoms with Crippen LogP contribution in [0.25, 0.3) is 0 Å². The Hall–Kier alpha value is -1.62. The van der Waals surface area contributed by atoms with Crippen LogP contribution >= 0.6 is 0 Å². The van der Waals surface area contributed by atoms with Gasteiger partial charge in [0.15, 0.2) is 0 Å². The van der Waals surface area contributed by atoms with Crippen molar-refractivity contribution in [3.05, 3.63) is 29.1 Å². The molecule has 1 fully saturated rings. The van der Waals surface area contributed by atoms with E-state index in [-0.39, 0.29) is 23.7 Å². The molecule has 0 saturated carbocycles. The average Bonchev–Trinajstić information content (AvgIpc) is 2.48. The first kappa shape index (κ1) is 15.8. The minimum Gasteiger partial charge on any atom is -0.370 e. The van der Waals surface area contributed by atoms with E-state index in [0.29, 0.717) is 12.1 Å². The Morgan fingerprint density at radius 1 is 1.52 bits per heavy atom. The summed E-state index contributed by atoms with van der Waals surface area (Å²) in [6.45, 7) is 5.26. The zero-order valence-corrected chi connectivity index (χ0v) is 12.9. The third kappa shape index (κ3) is 3.35. The summed E-state index contributed by atoms with van der Waals surface area (Å²) in [6, 6.07) is 3.52. The van der Waals surface area contributed by atoms with Crippen molar-refractivity contribution in [2.75, 3.05) is 25.0 Å². The van der Waals surface area contributed by atoms with Crippen LogP contribution < -0.4 is 16.0 Å². The van der Waals surface area contributed by atoms with Gasteiger partial charge in [-0.05, 0) is 57.0 Å². The molecule has 2 atom stereocenters. The zero-order valence-electron chi connectivity index (χ0n) is 12.9. The third-order valence-electron chi connectivity index (χ3n) is 4.37. The van der Waals surface area contributed by atoms with Crippen molar-refractivity contribution in [1.29, 1.82) is 0 Å². The molecule has 0 bridgehead atoms. The van der Waals surface area contributed by atoms with Crippen LogP contribution in [-0.4, -0.2) is 26.0 Å². The van der Waals surface area contributed by atoms with Gasteiger partial charge in [-0.1, -0.05) is 0 Å². The van der Waals surface area contributed by atoms with Crippen molar-refractivity contribution in [1.82, 2.24) is 5.32 Å². The summed E-state index contributed by atoms with van der Waals surface area (Å²) < 4.78 is 13.9. The van der Waals surface area contributed by atoms with Crippen LogP contribution in [0.15, 0.2) is 12.1 Å². The van der Waals surface area contributed by atoms with Crippen molar-refractivity contribution in [3.63, 3.8) is 0 Å². The SMILES string of the molecule is CNC(C)c1cc(F)c(C)cc1N1CCCC(C(N)=O)C1. The Labute approximate surface area is 125 Å². The highest BCUT2D eigenvalue weighted by molar-refractivity contribution is 5.77. The smallest absolute Gasteiger partial charge is 0.222 e. The van der Waals surface area contributed by atoms with Gasteiger partial charge in [0.25, 0.3) is 0 Å². The number of nitrogens with two attached hydrogens (primary N) is 1. The lowest BCUT2D eigenvalue weighted by Gasteiger charge is -2.35. The van der Waals surface area contributed by atoms with Gasteiger partial charge in [-0.3, -0.25) is 4.79 Å². The van der Waals surface area contributed by atoms with Gasteiger partial charge in [-0.2, -0.15) is 0 Å². The summed E-state index contributed by atoms with van der Waals surface area (Å²) in [6.07, 6.45) is 1.76. The number of hydrogen-bond donors (Lipinski definition) is 2. The second-order valence-electron chi connectivity index (χ2n) is 5.86. The van der Waals surface area contributed by atoms with Crippen molar-refractivity contribution in [3.8, 4) is 0 Å². The lowest BCUT2D eigenvalue weighted by molar-refractivity contribution is -0.122. The standard InChI is InChI=1S/C16H24FN3O/c1-10-7-15(13(8-14(10)17)11(2)19-3)20-6-4-5-12(9-20)16(18)21/h7-8,11-12,19H,4-6,9H2,1-3H3,(H2,18,21). The molecule has 1 aromatic rings. The molecule has 2 unspecified atom stereocenters. The molecule has 2 rings (SSSR count). The fourth-order valence-corrected chi connectivity index (χ4v) is 2.89. The highest BCUT2D eigenvalue weighted by Crippen LogP contribution is 2.32. The Bertz CT molecular complexity index is 532. The first-order valence-corrected chi connectivity index (χ1v) is 7.45. The third-order valence-corrected chi connectivity index (χ3v) is 4.37. The summed E-state index contributed by atoms with van der Waals surface area (Å²) in [5, 5.41) is 3.16. The maximum absolute atomic E-state index is 13.9. The molecule has 1 amide bonds. The largest absolute Gasteiger partial charge is 0.370 e. The van der Waals surface area contributed by atoms with E-state index in [1.807, 2.05) is 20.0 Å². The first-order valence-electron chi connectivity index (χ1n) is 7.45. The highest BCUT2D eigenvalue weighted by Gasteiger charge is 2.26. The Morgan fingerprint density at radius 2 is 2.24 bits per heavy atom. The van der Waals surface area contributed by atoms with Crippen LogP contribution in [0, 0.1) is 18.7 Å². The van der Waals surface area contributed by atoms with Crippen LogP contribution in [0.4, 0.5) is 10.1 Å². The monoisotopic (exact) mass is 293 g/mol. The Morgan fingerprint density at radius 3 is 2.86 bits per heavy atom. The molecule has 116 valence electrons. The number of benzene rings is 1. The second kappa shape index (κ2) is 6.43. The van der Waals surface area contributed by atoms with Crippen molar-refractivity contribution >= 4 is 11.6 Å². The minimum atomic E-state index is -0.248. The van der Waals surface area contributed by atoms with Crippen LogP contribution in [0.2, 0.25) is 0 Å². The van der Waals surface area contributed by atoms with Crippen LogP contribution in [0.3, 0.4) is 0 Å². The number of nitrogens with one attached hydrogen (secondary N) is 1. The maximum Gasteiger partial charge on any atom is 0.222 e. The number of nitrogens with zero attached hydrogens (tertiary/aromatic N) is 1. The highest BCUT2D eigenvalue weighted by atomic mass is 19.1. The zero-order chi connectivity index (χ0) is 15.6. The summed E-state index contributed by atoms with van der Waals surface area (Å²) >= 11 is 0. The fourth-order valence-electron chi connectivity index (χ4n) is 2.89. The number of rotatable bonds is 4. The van der Waals surface area contributed by atoms with Gasteiger partial charge in [-0.15, -0.1) is 0 Å². The normalized spacial score (nSPS) is 20.4. The molecule has 1 aliphatic rings. The topological polar surface area (TPSA) is 58.4 Å². The number of aryl methyl sites for hydroxylation is 1. The number of hydrogen-bond acceptors (Lipinski definition) is 3. The molecule has 1 heterocycles. The molecule has 1 aliphatic heterocycles. The number of carbonyl (C=O) groups excluding carboxylic acids is 1. The molecule has 1 saturated heterocycles. The molecule has 3 N–H and O–H groups in total. The van der Waals surface area contributed by atoms with E-state index in [4.69, 9.17) is 5.73 Å². The molecule has 0 aliphatic carbocycles. The molecule has 21 heavy (non-hydrogen) atoms. The lowest BCUT2D eigenvalue weighted by atomic mass is 9.94. The lowest BCUT2D eigenvalue weighted by Crippen LogP contribution is -2.41. The molecule has 0 aromatic heterocycles. The maximum atomic E-state index is 13.9. The quantitative estimate of drug-likeness (QED) is 0.894. The summed E-state index contributed by atoms with van der Waals surface area (Å²) in [4.78, 5) is 13.6. The molecule has 4 nitrogen and oxygen atoms in total. The Balaban J connectivity index is 2.37. The fraction of sp³-hybridized carbons (Fsp3) is 0.562. The second-order valence-corrected chi connectivity index (χ2v) is 5.86. The average molecular weight is 293 g/mol. The van der Waals surface area contributed by atoms with E-state index in [0.717, 1.165) is 30.6 Å². The first-order chi connectivity index (χ1) is 9.93. The van der Waals surface area contributed by atoms with Crippen LogP contribution in [-0.2, 0) is 4.79 Å². The number of amides is 1. The van der Waals surface area contributed by atoms with Gasteiger partial charge in [0, 0.05) is 24.8 Å². The number of halogens is 1. The van der Waals surface area contributed by atoms with Crippen LogP contribution in [0.1, 0.15) is 36.9 Å². The van der Waals surface area contributed by atoms with Gasteiger partial charge in [0.2, 0.25) is 5.91 Å². The Kier molecular flexibility index (Phi) is 4.83. The van der Waals surface area contributed by atoms with E-state index in [9.17, 15) is 9.18 Å². The van der Waals surface area contributed by atoms with E-state index >= 15 is 0 Å². The van der Waals surface area contributed by atoms with Crippen molar-refractivity contribution < 1.29 is 9.18 Å². The summed E-state index contributed by atoms with van der Waals surface area (Å²) in [5.41, 5.74) is 7.99. The number of piperidine rings is 1. The van der Waals surface area contributed by atoms with Gasteiger partial charge in [-0.25, -0.2) is 4.39 Å². The van der Waals surface area contributed by atoms with Gasteiger partial charge < -0.3 is 16.0 Å². The molecule has 5 heteroatoms. The molecular formula is C16H24FN3O. The molecule has 0 radical (unpaired) electrons. The van der Waals surface area contributed by atoms with Crippen molar-refractivity contribution in [2.24, 2.45) is 11.7 Å². The molecular weight excluding hydrogens is 269 g/mol. The molecule has 0 spiro atoms. The van der Waals surface area contributed by atoms with Crippen molar-refractivity contribution in [2.45, 2.75) is 32.7 Å². The number of carbonyl (C=O) groups is 1. The minimum absolute atomic E-state index is 0.0454. The van der Waals surface area contributed by atoms with E-state index in [2.05, 4.69) is 10.2 Å². The van der Waals surface area contributed by atoms with E-state index in [1.54, 1.807) is 13.0 Å². The van der Waals surface area contributed by atoms with E-state index in [1.165, 1.54) is 0 Å². The summed E-state index contributed by atoms with van der Waals surface area (Å²) in [7, 11) is 1.86. The van der Waals surface area contributed by atoms with Crippen LogP contribution in [0.5, 0.6) is 0 Å². The van der Waals surface area contributed by atoms with Gasteiger partial charge in [0.1, 0.15) is 5.82 Å². The number of primary amides is 1. The van der Waals surface area contributed by atoms with E-state index < -0.39 is 0 Å². The molecule has 1 aromatic carbocycles. The summed E-state index contributed by atoms with van der Waals surface area (Å²) in [5.74, 6) is -0.567. The van der Waals surface area contributed by atoms with Gasteiger partial charge in [0.05, 0.1) is 5.92 Å². The number of anilines is 1.